The number of benzene rings is 2. The zero-order chi connectivity index (χ0) is 22.1. The van der Waals surface area contributed by atoms with Gasteiger partial charge in [0.15, 0.2) is 18.1 Å². The van der Waals surface area contributed by atoms with Crippen molar-refractivity contribution in [3.8, 4) is 11.5 Å². The second kappa shape index (κ2) is 11.2. The van der Waals surface area contributed by atoms with Gasteiger partial charge in [-0.05, 0) is 48.6 Å². The Morgan fingerprint density at radius 1 is 1.10 bits per heavy atom. The van der Waals surface area contributed by atoms with Gasteiger partial charge in [-0.2, -0.15) is 0 Å². The van der Waals surface area contributed by atoms with E-state index in [2.05, 4.69) is 26.1 Å². The molecule has 2 aromatic carbocycles. The Labute approximate surface area is 178 Å². The van der Waals surface area contributed by atoms with Crippen LogP contribution in [0, 0.1) is 6.92 Å². The molecule has 0 spiro atoms. The maximum Gasteiger partial charge on any atom is 0.338 e. The largest absolute Gasteiger partial charge is 0.493 e. The third-order valence-electron chi connectivity index (χ3n) is 4.68. The zero-order valence-corrected chi connectivity index (χ0v) is 18.4. The lowest BCUT2D eigenvalue weighted by Gasteiger charge is -2.16. The number of aryl methyl sites for hydroxylation is 1. The number of nitrogens with one attached hydrogen (secondary N) is 1. The van der Waals surface area contributed by atoms with E-state index in [0.29, 0.717) is 23.7 Å². The monoisotopic (exact) mass is 413 g/mol. The van der Waals surface area contributed by atoms with Gasteiger partial charge >= 0.3 is 5.97 Å². The van der Waals surface area contributed by atoms with Crippen LogP contribution >= 0.6 is 0 Å². The van der Waals surface area contributed by atoms with Crippen LogP contribution in [0.2, 0.25) is 0 Å². The highest BCUT2D eigenvalue weighted by Gasteiger charge is 2.16. The molecule has 0 saturated carbocycles. The van der Waals surface area contributed by atoms with Crippen molar-refractivity contribution in [3.05, 3.63) is 53.1 Å². The predicted molar refractivity (Wildman–Crippen MR) is 118 cm³/mol. The first-order valence-electron chi connectivity index (χ1n) is 10.2. The van der Waals surface area contributed by atoms with Gasteiger partial charge in [-0.15, -0.1) is 0 Å². The number of ether oxygens (including phenoxy) is 3. The normalized spacial score (nSPS) is 10.6. The van der Waals surface area contributed by atoms with Gasteiger partial charge in [0.25, 0.3) is 5.91 Å². The molecule has 0 aliphatic carbocycles. The summed E-state index contributed by atoms with van der Waals surface area (Å²) in [5, 5.41) is 2.87. The molecular formula is C24H31NO5. The molecule has 0 radical (unpaired) electrons. The first-order valence-corrected chi connectivity index (χ1v) is 10.2. The van der Waals surface area contributed by atoms with E-state index in [9.17, 15) is 9.59 Å². The lowest BCUT2D eigenvalue weighted by atomic mass is 9.98. The number of hydrogen-bond donors (Lipinski definition) is 1. The summed E-state index contributed by atoms with van der Waals surface area (Å²) in [5.41, 5.74) is 3.06. The van der Waals surface area contributed by atoms with Gasteiger partial charge in [-0.25, -0.2) is 4.79 Å². The van der Waals surface area contributed by atoms with Crippen molar-refractivity contribution in [3.63, 3.8) is 0 Å². The first-order chi connectivity index (χ1) is 14.4. The van der Waals surface area contributed by atoms with Crippen LogP contribution in [-0.4, -0.2) is 32.2 Å². The highest BCUT2D eigenvalue weighted by Crippen LogP contribution is 2.29. The van der Waals surface area contributed by atoms with Crippen LogP contribution in [0.1, 0.15) is 61.0 Å². The van der Waals surface area contributed by atoms with Crippen molar-refractivity contribution in [2.45, 2.75) is 46.5 Å². The molecule has 2 aromatic rings. The molecule has 0 saturated heterocycles. The Morgan fingerprint density at radius 2 is 1.87 bits per heavy atom. The SMILES string of the molecule is CCCCOc1ccc(C(=O)OCC(=O)Nc2c(C)cccc2C(C)C)cc1OC. The maximum atomic E-state index is 12.4. The summed E-state index contributed by atoms with van der Waals surface area (Å²) < 4.78 is 16.2. The molecule has 0 bridgehead atoms. The Hall–Kier alpha value is -3.02. The van der Waals surface area contributed by atoms with Crippen LogP contribution in [0.5, 0.6) is 11.5 Å². The van der Waals surface area contributed by atoms with Crippen LogP contribution < -0.4 is 14.8 Å². The molecule has 0 aliphatic heterocycles. The number of carbonyl (C=O) groups excluding carboxylic acids is 2. The summed E-state index contributed by atoms with van der Waals surface area (Å²) in [6.07, 6.45) is 1.96. The van der Waals surface area contributed by atoms with E-state index in [0.717, 1.165) is 29.7 Å². The predicted octanol–water partition coefficient (Wildman–Crippen LogP) is 5.10. The van der Waals surface area contributed by atoms with Crippen molar-refractivity contribution in [1.82, 2.24) is 0 Å². The molecule has 6 heteroatoms. The molecule has 0 aromatic heterocycles. The third kappa shape index (κ3) is 6.24. The van der Waals surface area contributed by atoms with Crippen molar-refractivity contribution < 1.29 is 23.8 Å². The molecule has 0 fully saturated rings. The highest BCUT2D eigenvalue weighted by molar-refractivity contribution is 5.96. The molecular weight excluding hydrogens is 382 g/mol. The average Bonchev–Trinajstić information content (AvgIpc) is 2.73. The Morgan fingerprint density at radius 3 is 2.53 bits per heavy atom. The molecule has 162 valence electrons. The molecule has 30 heavy (non-hydrogen) atoms. The summed E-state index contributed by atoms with van der Waals surface area (Å²) in [4.78, 5) is 24.8. The summed E-state index contributed by atoms with van der Waals surface area (Å²) >= 11 is 0. The lowest BCUT2D eigenvalue weighted by molar-refractivity contribution is -0.119. The smallest absolute Gasteiger partial charge is 0.338 e. The third-order valence-corrected chi connectivity index (χ3v) is 4.68. The number of methoxy groups -OCH3 is 1. The van der Waals surface area contributed by atoms with Crippen molar-refractivity contribution >= 4 is 17.6 Å². The van der Waals surface area contributed by atoms with E-state index < -0.39 is 5.97 Å². The van der Waals surface area contributed by atoms with Crippen molar-refractivity contribution in [2.24, 2.45) is 0 Å². The van der Waals surface area contributed by atoms with Gasteiger partial charge < -0.3 is 19.5 Å². The number of carbonyl (C=O) groups is 2. The Balaban J connectivity index is 2.00. The number of rotatable bonds is 10. The molecule has 0 heterocycles. The molecule has 0 aliphatic rings. The quantitative estimate of drug-likeness (QED) is 0.433. The zero-order valence-electron chi connectivity index (χ0n) is 18.4. The molecule has 0 atom stereocenters. The fraction of sp³-hybridized carbons (Fsp3) is 0.417. The first kappa shape index (κ1) is 23.3. The van der Waals surface area contributed by atoms with Crippen molar-refractivity contribution in [2.75, 3.05) is 25.6 Å². The van der Waals surface area contributed by atoms with E-state index in [-0.39, 0.29) is 18.4 Å². The van der Waals surface area contributed by atoms with Gasteiger partial charge in [0, 0.05) is 5.69 Å². The number of para-hydroxylation sites is 1. The molecule has 1 N–H and O–H groups in total. The minimum atomic E-state index is -0.600. The van der Waals surface area contributed by atoms with E-state index in [1.807, 2.05) is 25.1 Å². The van der Waals surface area contributed by atoms with Gasteiger partial charge in [0.05, 0.1) is 19.3 Å². The van der Waals surface area contributed by atoms with Crippen LogP contribution in [0.25, 0.3) is 0 Å². The fourth-order valence-corrected chi connectivity index (χ4v) is 2.97. The second-order valence-corrected chi connectivity index (χ2v) is 7.39. The molecule has 6 nitrogen and oxygen atoms in total. The van der Waals surface area contributed by atoms with Gasteiger partial charge in [-0.1, -0.05) is 45.4 Å². The van der Waals surface area contributed by atoms with Gasteiger partial charge in [-0.3, -0.25) is 4.79 Å². The fourth-order valence-electron chi connectivity index (χ4n) is 2.97. The van der Waals surface area contributed by atoms with E-state index in [1.54, 1.807) is 18.2 Å². The summed E-state index contributed by atoms with van der Waals surface area (Å²) in [6, 6.07) is 10.7. The van der Waals surface area contributed by atoms with E-state index >= 15 is 0 Å². The van der Waals surface area contributed by atoms with Gasteiger partial charge in [0.1, 0.15) is 0 Å². The number of unbranched alkanes of at least 4 members (excludes halogenated alkanes) is 1. The second-order valence-electron chi connectivity index (χ2n) is 7.39. The average molecular weight is 414 g/mol. The van der Waals surface area contributed by atoms with Crippen LogP contribution in [0.4, 0.5) is 5.69 Å². The highest BCUT2D eigenvalue weighted by atomic mass is 16.5. The van der Waals surface area contributed by atoms with E-state index in [1.165, 1.54) is 7.11 Å². The number of esters is 1. The standard InChI is InChI=1S/C24H31NO5/c1-6-7-13-29-20-12-11-18(14-21(20)28-5)24(27)30-15-22(26)25-23-17(4)9-8-10-19(23)16(2)3/h8-12,14,16H,6-7,13,15H2,1-5H3,(H,25,26). The minimum Gasteiger partial charge on any atom is -0.493 e. The number of hydrogen-bond acceptors (Lipinski definition) is 5. The maximum absolute atomic E-state index is 12.4. The van der Waals surface area contributed by atoms with Crippen LogP contribution in [0.3, 0.4) is 0 Å². The summed E-state index contributed by atoms with van der Waals surface area (Å²) in [6.45, 7) is 8.35. The summed E-state index contributed by atoms with van der Waals surface area (Å²) in [7, 11) is 1.51. The minimum absolute atomic E-state index is 0.258. The number of amides is 1. The molecule has 0 unspecified atom stereocenters. The van der Waals surface area contributed by atoms with Gasteiger partial charge in [0.2, 0.25) is 0 Å². The topological polar surface area (TPSA) is 73.9 Å². The summed E-state index contributed by atoms with van der Waals surface area (Å²) in [5.74, 6) is 0.296. The molecule has 2 rings (SSSR count). The van der Waals surface area contributed by atoms with Crippen LogP contribution in [0.15, 0.2) is 36.4 Å². The Kier molecular flexibility index (Phi) is 8.71. The lowest BCUT2D eigenvalue weighted by Crippen LogP contribution is -2.22. The Bertz CT molecular complexity index is 876. The molecule has 1 amide bonds. The van der Waals surface area contributed by atoms with Crippen LogP contribution in [-0.2, 0) is 9.53 Å². The van der Waals surface area contributed by atoms with E-state index in [4.69, 9.17) is 14.2 Å². The number of anilines is 1. The van der Waals surface area contributed by atoms with Crippen molar-refractivity contribution in [1.29, 1.82) is 0 Å².